The molecule has 0 bridgehead atoms. The molecule has 83 heavy (non-hydrogen) atoms. The Labute approximate surface area is 512 Å². The number of anilines is 2. The molecule has 0 aromatic heterocycles. The molecular weight excluding hydrogens is 1090 g/mol. The summed E-state index contributed by atoms with van der Waals surface area (Å²) in [6, 6.07) is 48.9. The Morgan fingerprint density at radius 1 is 0.458 bits per heavy atom. The Morgan fingerprint density at radius 3 is 1.05 bits per heavy atom. The minimum absolute atomic E-state index is 0. The van der Waals surface area contributed by atoms with Gasteiger partial charge in [-0.25, -0.2) is 17.9 Å². The fraction of sp³-hybridized carbons (Fsp3) is 0.303. The van der Waals surface area contributed by atoms with Crippen LogP contribution in [0.5, 0.6) is 0 Å². The van der Waals surface area contributed by atoms with Gasteiger partial charge < -0.3 is 50.9 Å². The molecule has 6 atom stereocenters. The molecule has 6 N–H and O–H groups in total. The van der Waals surface area contributed by atoms with Crippen molar-refractivity contribution in [3.05, 3.63) is 215 Å². The molecule has 0 aliphatic carbocycles. The monoisotopic (exact) mass is 1160 g/mol. The quantitative estimate of drug-likeness (QED) is 0.0288. The second-order valence-corrected chi connectivity index (χ2v) is 21.2. The zero-order valence-electron chi connectivity index (χ0n) is 47.0. The first kappa shape index (κ1) is 65.1. The van der Waals surface area contributed by atoms with Gasteiger partial charge >= 0.3 is 37.7 Å². The van der Waals surface area contributed by atoms with Gasteiger partial charge in [0.05, 0.1) is 46.7 Å². The summed E-state index contributed by atoms with van der Waals surface area (Å²) >= 11 is 0. The van der Waals surface area contributed by atoms with E-state index >= 15 is 0 Å². The Kier molecular flexibility index (Phi) is 24.4. The van der Waals surface area contributed by atoms with E-state index in [0.717, 1.165) is 33.7 Å². The van der Waals surface area contributed by atoms with Crippen molar-refractivity contribution in [3.63, 3.8) is 0 Å². The van der Waals surface area contributed by atoms with Gasteiger partial charge in [-0.3, -0.25) is 9.59 Å². The zero-order valence-corrected chi connectivity index (χ0v) is 49.2. The molecule has 2 aliphatic rings. The van der Waals surface area contributed by atoms with E-state index in [1.807, 2.05) is 149 Å². The Balaban J connectivity index is 0.000000263. The molecule has 2 aliphatic heterocycles. The number of nitrogens with one attached hydrogen (secondary N) is 2. The van der Waals surface area contributed by atoms with Crippen molar-refractivity contribution < 1.29 is 67.7 Å². The number of hydrogen-bond donors (Lipinski definition) is 6. The summed E-state index contributed by atoms with van der Waals surface area (Å²) in [6.45, 7) is 8.67. The number of halogens is 2. The van der Waals surface area contributed by atoms with Gasteiger partial charge in [-0.1, -0.05) is 125 Å². The van der Waals surface area contributed by atoms with E-state index in [4.69, 9.17) is 0 Å². The number of aliphatic carboxylic acids is 2. The summed E-state index contributed by atoms with van der Waals surface area (Å²) in [5.74, 6) is -4.15. The van der Waals surface area contributed by atoms with E-state index < -0.39 is 61.3 Å². The van der Waals surface area contributed by atoms with E-state index in [0.29, 0.717) is 46.7 Å². The first-order valence-corrected chi connectivity index (χ1v) is 27.5. The number of allylic oxidation sites excluding steroid dienone is 2. The summed E-state index contributed by atoms with van der Waals surface area (Å²) in [7, 11) is 0. The molecule has 428 valence electrons. The third kappa shape index (κ3) is 17.5. The Hall–Kier alpha value is -7.02. The van der Waals surface area contributed by atoms with Crippen LogP contribution in [-0.2, 0) is 19.2 Å². The van der Waals surface area contributed by atoms with E-state index in [1.165, 1.54) is 24.3 Å². The predicted octanol–water partition coefficient (Wildman–Crippen LogP) is 6.42. The van der Waals surface area contributed by atoms with Crippen molar-refractivity contribution in [2.75, 3.05) is 23.7 Å². The van der Waals surface area contributed by atoms with Crippen molar-refractivity contribution in [2.45, 2.75) is 103 Å². The zero-order chi connectivity index (χ0) is 59.0. The van der Waals surface area contributed by atoms with Crippen LogP contribution < -0.4 is 20.8 Å². The summed E-state index contributed by atoms with van der Waals surface area (Å²) in [5, 5.41) is 69.3. The third-order valence-corrected chi connectivity index (χ3v) is 14.3. The third-order valence-electron chi connectivity index (χ3n) is 14.3. The van der Waals surface area contributed by atoms with Crippen molar-refractivity contribution in [2.24, 2.45) is 11.8 Å². The number of nitrogens with zero attached hydrogens (tertiary/aromatic N) is 2. The van der Waals surface area contributed by atoms with Gasteiger partial charge in [-0.15, -0.1) is 0 Å². The van der Waals surface area contributed by atoms with Crippen LogP contribution in [0.3, 0.4) is 0 Å². The SMILES string of the molecule is CC(C)C1C(C(=O)Nc2ccccc2)=C(c2ccccc2)C(c2ccc(F)cc2)=[N+]1CC[C@@H](O)C[C@@H](O)CC(=O)[O-].CC(C)C1C(C(=O)Nc2ccccc2)=C(c2ccccc2)C(c2ccc(F)cc2)=[N+]1CC[C@@H](O)C[C@@H](O)CC(=O)[O-].[Ca+2]. The van der Waals surface area contributed by atoms with E-state index in [-0.39, 0.29) is 98.7 Å². The summed E-state index contributed by atoms with van der Waals surface area (Å²) in [5.41, 5.74) is 8.39. The molecular formula is C66H70CaF2N4O10+2. The average molecular weight is 1160 g/mol. The maximum absolute atomic E-state index is 14.1. The molecule has 2 unspecified atom stereocenters. The number of carbonyl (C=O) groups is 4. The summed E-state index contributed by atoms with van der Waals surface area (Å²) in [6.07, 6.45) is -5.43. The van der Waals surface area contributed by atoms with Gasteiger partial charge in [0.15, 0.2) is 12.1 Å². The first-order chi connectivity index (χ1) is 39.3. The number of carboxylic acids is 2. The van der Waals surface area contributed by atoms with Gasteiger partial charge in [0, 0.05) is 72.0 Å². The average Bonchev–Trinajstić information content (AvgIpc) is 3.14. The van der Waals surface area contributed by atoms with Gasteiger partial charge in [-0.05, 0) is 96.8 Å². The van der Waals surface area contributed by atoms with Crippen molar-refractivity contribution in [1.82, 2.24) is 0 Å². The molecule has 14 nitrogen and oxygen atoms in total. The smallest absolute Gasteiger partial charge is 0.550 e. The molecule has 0 fully saturated rings. The molecule has 0 saturated heterocycles. The molecule has 6 aromatic rings. The van der Waals surface area contributed by atoms with Crippen molar-refractivity contribution >= 4 is 95.4 Å². The number of carbonyl (C=O) groups excluding carboxylic acids is 4. The van der Waals surface area contributed by atoms with Crippen LogP contribution in [-0.4, -0.2) is 152 Å². The minimum atomic E-state index is -1.39. The van der Waals surface area contributed by atoms with Gasteiger partial charge in [0.2, 0.25) is 11.4 Å². The molecule has 0 saturated carbocycles. The van der Waals surface area contributed by atoms with Crippen LogP contribution in [0.15, 0.2) is 181 Å². The Morgan fingerprint density at radius 2 is 0.759 bits per heavy atom. The topological polar surface area (TPSA) is 225 Å². The normalized spacial score (nSPS) is 16.5. The number of aliphatic hydroxyl groups is 4. The first-order valence-electron chi connectivity index (χ1n) is 27.5. The number of carboxylic acid groups (broad SMARTS) is 2. The van der Waals surface area contributed by atoms with E-state index in [9.17, 15) is 58.6 Å². The van der Waals surface area contributed by atoms with Gasteiger partial charge in [0.25, 0.3) is 11.8 Å². The number of hydrogen-bond acceptors (Lipinski definition) is 10. The van der Waals surface area contributed by atoms with E-state index in [2.05, 4.69) is 19.8 Å². The van der Waals surface area contributed by atoms with Crippen LogP contribution >= 0.6 is 0 Å². The number of para-hydroxylation sites is 2. The van der Waals surface area contributed by atoms with Crippen molar-refractivity contribution in [3.8, 4) is 0 Å². The fourth-order valence-corrected chi connectivity index (χ4v) is 10.9. The van der Waals surface area contributed by atoms with Crippen LogP contribution in [0.1, 0.15) is 88.5 Å². The number of benzene rings is 6. The summed E-state index contributed by atoms with van der Waals surface area (Å²) in [4.78, 5) is 49.9. The molecule has 6 aromatic carbocycles. The van der Waals surface area contributed by atoms with Gasteiger partial charge in [-0.2, -0.15) is 0 Å². The number of aliphatic hydroxyl groups excluding tert-OH is 4. The van der Waals surface area contributed by atoms with E-state index in [1.54, 1.807) is 24.3 Å². The predicted molar refractivity (Wildman–Crippen MR) is 313 cm³/mol. The Bertz CT molecular complexity index is 3070. The maximum Gasteiger partial charge on any atom is 2.00 e. The van der Waals surface area contributed by atoms with Crippen LogP contribution in [0.2, 0.25) is 0 Å². The summed E-state index contributed by atoms with van der Waals surface area (Å²) < 4.78 is 32.1. The maximum atomic E-state index is 14.1. The van der Waals surface area contributed by atoms with Crippen LogP contribution in [0.4, 0.5) is 20.2 Å². The molecule has 2 amide bonds. The molecule has 8 rings (SSSR count). The number of rotatable bonds is 24. The largest absolute Gasteiger partial charge is 2.00 e. The van der Waals surface area contributed by atoms with Crippen LogP contribution in [0.25, 0.3) is 11.1 Å². The van der Waals surface area contributed by atoms with Gasteiger partial charge in [0.1, 0.15) is 24.7 Å². The molecule has 2 heterocycles. The number of amides is 2. The molecule has 17 heteroatoms. The second kappa shape index (κ2) is 31.0. The van der Waals surface area contributed by atoms with Crippen LogP contribution in [0, 0.1) is 23.5 Å². The second-order valence-electron chi connectivity index (χ2n) is 21.2. The standard InChI is InChI=1S/2C33H35FN2O5.Ca/c2*1-21(2)31-30(33(41)35-25-11-7-4-8-12-25)29(22-9-5-3-6-10-22)32(23-13-15-24(34)16-14-23)36(31)18-17-26(37)19-27(38)20-28(39)40;/h2*3-16,21,26-27,31,37-38H,17-20H2,1-2H3,(H-,35,39,40,41);/q;;+2/t2*26-,27-,31?;/m11./s1. The minimum Gasteiger partial charge on any atom is -0.550 e. The molecule has 0 spiro atoms. The molecule has 0 radical (unpaired) electrons. The fourth-order valence-electron chi connectivity index (χ4n) is 10.9. The van der Waals surface area contributed by atoms with Crippen molar-refractivity contribution in [1.29, 1.82) is 0 Å².